The van der Waals surface area contributed by atoms with Gasteiger partial charge in [0.25, 0.3) is 0 Å². The number of rotatable bonds is 4. The zero-order valence-electron chi connectivity index (χ0n) is 10.8. The molecule has 0 saturated heterocycles. The molecule has 6 heteroatoms. The zero-order chi connectivity index (χ0) is 13.8. The molecule has 0 aliphatic rings. The second-order valence-corrected chi connectivity index (χ2v) is 5.41. The van der Waals surface area contributed by atoms with Gasteiger partial charge >= 0.3 is 0 Å². The third-order valence-corrected chi connectivity index (χ3v) is 3.61. The van der Waals surface area contributed by atoms with E-state index in [1.807, 2.05) is 37.3 Å². The average Bonchev–Trinajstić information content (AvgIpc) is 2.99. The van der Waals surface area contributed by atoms with E-state index in [-0.39, 0.29) is 5.25 Å². The maximum Gasteiger partial charge on any atom is 0.247 e. The molecule has 0 N–H and O–H groups in total. The van der Waals surface area contributed by atoms with Gasteiger partial charge < -0.3 is 4.42 Å². The number of benzene rings is 1. The number of nitrogens with zero attached hydrogens (tertiary/aromatic N) is 4. The van der Waals surface area contributed by atoms with Crippen LogP contribution in [0.5, 0.6) is 0 Å². The Morgan fingerprint density at radius 3 is 2.50 bits per heavy atom. The molecule has 0 unspecified atom stereocenters. The highest BCUT2D eigenvalue weighted by molar-refractivity contribution is 7.99. The Morgan fingerprint density at radius 2 is 1.75 bits per heavy atom. The summed E-state index contributed by atoms with van der Waals surface area (Å²) in [6.07, 6.45) is 3.43. The van der Waals surface area contributed by atoms with Gasteiger partial charge in [0.05, 0.1) is 5.25 Å². The first kappa shape index (κ1) is 12.8. The van der Waals surface area contributed by atoms with Gasteiger partial charge in [0, 0.05) is 18.0 Å². The number of aromatic nitrogens is 4. The molecule has 0 saturated carbocycles. The highest BCUT2D eigenvalue weighted by atomic mass is 32.2. The summed E-state index contributed by atoms with van der Waals surface area (Å²) in [5.74, 6) is 1.10. The largest absolute Gasteiger partial charge is 0.419 e. The summed E-state index contributed by atoms with van der Waals surface area (Å²) in [6.45, 7) is 1.99. The summed E-state index contributed by atoms with van der Waals surface area (Å²) < 4.78 is 5.71. The lowest BCUT2D eigenvalue weighted by Gasteiger charge is -2.03. The van der Waals surface area contributed by atoms with Gasteiger partial charge in [-0.15, -0.1) is 10.2 Å². The Hall–Kier alpha value is -2.21. The van der Waals surface area contributed by atoms with Crippen molar-refractivity contribution in [3.63, 3.8) is 0 Å². The molecular formula is C14H12N4OS. The number of hydrogen-bond acceptors (Lipinski definition) is 6. The van der Waals surface area contributed by atoms with Crippen LogP contribution in [0.1, 0.15) is 18.1 Å². The van der Waals surface area contributed by atoms with Gasteiger partial charge in [-0.25, -0.2) is 9.97 Å². The van der Waals surface area contributed by atoms with Crippen LogP contribution in [0.25, 0.3) is 11.5 Å². The molecule has 0 amide bonds. The molecule has 0 bridgehead atoms. The lowest BCUT2D eigenvalue weighted by Crippen LogP contribution is -1.91. The fraction of sp³-hybridized carbons (Fsp3) is 0.143. The zero-order valence-corrected chi connectivity index (χ0v) is 11.6. The normalized spacial score (nSPS) is 12.2. The number of hydrogen-bond donors (Lipinski definition) is 0. The third-order valence-electron chi connectivity index (χ3n) is 2.63. The minimum atomic E-state index is 0.00219. The van der Waals surface area contributed by atoms with Crippen LogP contribution < -0.4 is 0 Å². The molecule has 0 fully saturated rings. The number of thioether (sulfide) groups is 1. The molecule has 1 atom stereocenters. The first-order chi connectivity index (χ1) is 9.83. The Kier molecular flexibility index (Phi) is 3.73. The van der Waals surface area contributed by atoms with E-state index < -0.39 is 0 Å². The first-order valence-electron chi connectivity index (χ1n) is 6.15. The maximum atomic E-state index is 5.71. The first-order valence-corrected chi connectivity index (χ1v) is 7.03. The SMILES string of the molecule is C[C@H](Sc1ncccn1)c1nnc(-c2ccccc2)o1. The molecule has 5 nitrogen and oxygen atoms in total. The molecule has 2 heterocycles. The van der Waals surface area contributed by atoms with Crippen LogP contribution in [-0.2, 0) is 0 Å². The second-order valence-electron chi connectivity index (χ2n) is 4.10. The van der Waals surface area contributed by atoms with Crippen molar-refractivity contribution in [2.45, 2.75) is 17.3 Å². The van der Waals surface area contributed by atoms with Crippen molar-refractivity contribution < 1.29 is 4.42 Å². The molecule has 0 spiro atoms. The standard InChI is InChI=1S/C14H12N4OS/c1-10(20-14-15-8-5-9-16-14)12-17-18-13(19-12)11-6-3-2-4-7-11/h2-10H,1H3/t10-/m0/s1. The minimum Gasteiger partial charge on any atom is -0.419 e. The molecule has 3 rings (SSSR count). The Bertz CT molecular complexity index is 672. The van der Waals surface area contributed by atoms with Crippen LogP contribution in [0.3, 0.4) is 0 Å². The Labute approximate surface area is 120 Å². The molecule has 100 valence electrons. The van der Waals surface area contributed by atoms with Gasteiger partial charge in [-0.1, -0.05) is 30.0 Å². The Morgan fingerprint density at radius 1 is 1.00 bits per heavy atom. The van der Waals surface area contributed by atoms with Gasteiger partial charge in [-0.2, -0.15) is 0 Å². The second kappa shape index (κ2) is 5.83. The van der Waals surface area contributed by atoms with E-state index in [2.05, 4.69) is 20.2 Å². The highest BCUT2D eigenvalue weighted by Crippen LogP contribution is 2.32. The van der Waals surface area contributed by atoms with Crippen molar-refractivity contribution in [1.82, 2.24) is 20.2 Å². The summed E-state index contributed by atoms with van der Waals surface area (Å²) in [5.41, 5.74) is 0.916. The summed E-state index contributed by atoms with van der Waals surface area (Å²) >= 11 is 1.49. The van der Waals surface area contributed by atoms with Crippen molar-refractivity contribution in [3.05, 3.63) is 54.7 Å². The fourth-order valence-corrected chi connectivity index (χ4v) is 2.41. The molecule has 2 aromatic heterocycles. The summed E-state index contributed by atoms with van der Waals surface area (Å²) in [6, 6.07) is 11.5. The van der Waals surface area contributed by atoms with E-state index in [4.69, 9.17) is 4.42 Å². The van der Waals surface area contributed by atoms with Crippen molar-refractivity contribution in [2.75, 3.05) is 0 Å². The topological polar surface area (TPSA) is 64.7 Å². The third kappa shape index (κ3) is 2.85. The Balaban J connectivity index is 1.77. The smallest absolute Gasteiger partial charge is 0.247 e. The molecule has 0 aliphatic carbocycles. The lowest BCUT2D eigenvalue weighted by atomic mass is 10.2. The van der Waals surface area contributed by atoms with Crippen LogP contribution in [0.4, 0.5) is 0 Å². The van der Waals surface area contributed by atoms with Gasteiger partial charge in [-0.3, -0.25) is 0 Å². The van der Waals surface area contributed by atoms with Crippen LogP contribution >= 0.6 is 11.8 Å². The lowest BCUT2D eigenvalue weighted by molar-refractivity contribution is 0.509. The van der Waals surface area contributed by atoms with Crippen LogP contribution in [-0.4, -0.2) is 20.2 Å². The molecule has 0 radical (unpaired) electrons. The summed E-state index contributed by atoms with van der Waals surface area (Å²) in [4.78, 5) is 8.34. The summed E-state index contributed by atoms with van der Waals surface area (Å²) in [7, 11) is 0. The van der Waals surface area contributed by atoms with Crippen molar-refractivity contribution in [3.8, 4) is 11.5 Å². The minimum absolute atomic E-state index is 0.00219. The van der Waals surface area contributed by atoms with Crippen LogP contribution in [0.2, 0.25) is 0 Å². The predicted molar refractivity (Wildman–Crippen MR) is 76.0 cm³/mol. The molecule has 20 heavy (non-hydrogen) atoms. The average molecular weight is 284 g/mol. The van der Waals surface area contributed by atoms with E-state index in [9.17, 15) is 0 Å². The molecule has 3 aromatic rings. The molecule has 1 aromatic carbocycles. The van der Waals surface area contributed by atoms with Crippen LogP contribution in [0.15, 0.2) is 58.4 Å². The van der Waals surface area contributed by atoms with Gasteiger partial charge in [0.2, 0.25) is 11.8 Å². The van der Waals surface area contributed by atoms with E-state index in [1.54, 1.807) is 18.5 Å². The van der Waals surface area contributed by atoms with E-state index in [1.165, 1.54) is 11.8 Å². The highest BCUT2D eigenvalue weighted by Gasteiger charge is 2.17. The van der Waals surface area contributed by atoms with Gasteiger partial charge in [0.15, 0.2) is 5.16 Å². The predicted octanol–water partition coefficient (Wildman–Crippen LogP) is 3.38. The maximum absolute atomic E-state index is 5.71. The van der Waals surface area contributed by atoms with Crippen molar-refractivity contribution in [1.29, 1.82) is 0 Å². The quantitative estimate of drug-likeness (QED) is 0.540. The fourth-order valence-electron chi connectivity index (χ4n) is 1.65. The van der Waals surface area contributed by atoms with E-state index in [0.717, 1.165) is 5.56 Å². The van der Waals surface area contributed by atoms with Crippen molar-refractivity contribution >= 4 is 11.8 Å². The summed E-state index contributed by atoms with van der Waals surface area (Å²) in [5, 5.41) is 8.87. The van der Waals surface area contributed by atoms with Crippen molar-refractivity contribution in [2.24, 2.45) is 0 Å². The van der Waals surface area contributed by atoms with E-state index >= 15 is 0 Å². The molecular weight excluding hydrogens is 272 g/mol. The van der Waals surface area contributed by atoms with Gasteiger partial charge in [0.1, 0.15) is 0 Å². The van der Waals surface area contributed by atoms with Gasteiger partial charge in [-0.05, 0) is 25.1 Å². The van der Waals surface area contributed by atoms with Crippen LogP contribution in [0, 0.1) is 0 Å². The molecule has 0 aliphatic heterocycles. The monoisotopic (exact) mass is 284 g/mol. The van der Waals surface area contributed by atoms with E-state index in [0.29, 0.717) is 16.9 Å².